The first kappa shape index (κ1) is 15.2. The molecule has 1 saturated heterocycles. The number of halogens is 1. The van der Waals surface area contributed by atoms with E-state index in [1.165, 1.54) is 43.9 Å². The van der Waals surface area contributed by atoms with Crippen LogP contribution in [0.25, 0.3) is 0 Å². The number of nitrogens with zero attached hydrogens (tertiary/aromatic N) is 2. The van der Waals surface area contributed by atoms with Gasteiger partial charge in [-0.3, -0.25) is 9.38 Å². The number of hydrogen-bond acceptors (Lipinski definition) is 1. The first-order valence-electron chi connectivity index (χ1n) is 8.55. The van der Waals surface area contributed by atoms with Gasteiger partial charge in [-0.05, 0) is 24.1 Å². The van der Waals surface area contributed by atoms with Crippen LogP contribution in [0, 0.1) is 0 Å². The van der Waals surface area contributed by atoms with Crippen molar-refractivity contribution >= 4 is 17.3 Å². The Morgan fingerprint density at radius 1 is 0.957 bits per heavy atom. The van der Waals surface area contributed by atoms with Crippen molar-refractivity contribution in [2.45, 2.75) is 18.4 Å². The number of benzene rings is 2. The maximum Gasteiger partial charge on any atom is 0.132 e. The van der Waals surface area contributed by atoms with E-state index in [0.29, 0.717) is 0 Å². The minimum absolute atomic E-state index is 0.753. The molecule has 0 radical (unpaired) electrons. The van der Waals surface area contributed by atoms with Crippen LogP contribution in [0.5, 0.6) is 0 Å². The van der Waals surface area contributed by atoms with Gasteiger partial charge in [-0.2, -0.15) is 0 Å². The molecule has 0 spiro atoms. The summed E-state index contributed by atoms with van der Waals surface area (Å²) < 4.78 is 1.02. The molecule has 1 aliphatic carbocycles. The van der Waals surface area contributed by atoms with Gasteiger partial charge >= 0.3 is 0 Å². The molecular weight excluding hydrogens is 304 g/mol. The van der Waals surface area contributed by atoms with Gasteiger partial charge in [0.05, 0.1) is 20.1 Å². The average molecular weight is 328 g/mol. The average Bonchev–Trinajstić information content (AvgIpc) is 3.37. The highest BCUT2D eigenvalue weighted by Gasteiger charge is 2.45. The van der Waals surface area contributed by atoms with E-state index in [-0.39, 0.29) is 0 Å². The fourth-order valence-electron chi connectivity index (χ4n) is 3.96. The highest BCUT2D eigenvalue weighted by atomic mass is 35.5. The molecule has 0 bridgehead atoms. The summed E-state index contributed by atoms with van der Waals surface area (Å²) in [6.45, 7) is 4.74. The van der Waals surface area contributed by atoms with Gasteiger partial charge in [-0.25, -0.2) is 0 Å². The van der Waals surface area contributed by atoms with Crippen molar-refractivity contribution in [3.05, 3.63) is 65.2 Å². The van der Waals surface area contributed by atoms with E-state index in [0.717, 1.165) is 21.5 Å². The van der Waals surface area contributed by atoms with Crippen LogP contribution in [0.2, 0.25) is 5.02 Å². The van der Waals surface area contributed by atoms with E-state index < -0.39 is 0 Å². The van der Waals surface area contributed by atoms with Crippen molar-refractivity contribution < 1.29 is 0 Å². The van der Waals surface area contributed by atoms with Crippen molar-refractivity contribution in [2.24, 2.45) is 0 Å². The van der Waals surface area contributed by atoms with Gasteiger partial charge in [0.2, 0.25) is 0 Å². The van der Waals surface area contributed by atoms with Crippen molar-refractivity contribution in [3.8, 4) is 0 Å². The molecule has 1 aliphatic heterocycles. The first-order valence-corrected chi connectivity index (χ1v) is 8.93. The van der Waals surface area contributed by atoms with E-state index in [1.54, 1.807) is 0 Å². The van der Waals surface area contributed by atoms with E-state index in [9.17, 15) is 0 Å². The second-order valence-electron chi connectivity index (χ2n) is 7.18. The molecule has 23 heavy (non-hydrogen) atoms. The van der Waals surface area contributed by atoms with Gasteiger partial charge < -0.3 is 0 Å². The summed E-state index contributed by atoms with van der Waals surface area (Å²) in [5.74, 6) is 0.753. The van der Waals surface area contributed by atoms with Gasteiger partial charge in [0, 0.05) is 42.2 Å². The SMILES string of the molecule is C[N+]1(c2ccc(Cl)cc2)CCN([C@@H]2C[C@H]2c2ccccc2)CC1. The lowest BCUT2D eigenvalue weighted by molar-refractivity contribution is 0.147. The molecular formula is C20H24ClN2+. The van der Waals surface area contributed by atoms with Crippen molar-refractivity contribution in [1.29, 1.82) is 0 Å². The van der Waals surface area contributed by atoms with Crippen LogP contribution in [0.15, 0.2) is 54.6 Å². The van der Waals surface area contributed by atoms with Crippen molar-refractivity contribution in [2.75, 3.05) is 33.2 Å². The molecule has 1 saturated carbocycles. The fourth-order valence-corrected chi connectivity index (χ4v) is 4.08. The van der Waals surface area contributed by atoms with Crippen LogP contribution in [-0.4, -0.2) is 44.2 Å². The summed E-state index contributed by atoms with van der Waals surface area (Å²) in [5.41, 5.74) is 2.89. The van der Waals surface area contributed by atoms with Crippen LogP contribution in [-0.2, 0) is 0 Å². The number of hydrogen-bond donors (Lipinski definition) is 0. The molecule has 2 nitrogen and oxygen atoms in total. The predicted octanol–water partition coefficient (Wildman–Crippen LogP) is 4.15. The Balaban J connectivity index is 1.39. The number of rotatable bonds is 3. The standard InChI is InChI=1S/C20H24ClN2/c1-23(18-9-7-17(21)8-10-18)13-11-22(12-14-23)20-15-19(20)16-5-3-2-4-6-16/h2-10,19-20H,11-15H2,1H3/q+1/t19-,20+/m0/s1. The summed E-state index contributed by atoms with van der Waals surface area (Å²) in [6.07, 6.45) is 1.33. The highest BCUT2D eigenvalue weighted by Crippen LogP contribution is 2.45. The van der Waals surface area contributed by atoms with E-state index in [2.05, 4.69) is 54.4 Å². The largest absolute Gasteiger partial charge is 0.291 e. The molecule has 2 aliphatic rings. The minimum atomic E-state index is 0.753. The lowest BCUT2D eigenvalue weighted by atomic mass is 10.1. The summed E-state index contributed by atoms with van der Waals surface area (Å²) in [6, 6.07) is 20.1. The third-order valence-electron chi connectivity index (χ3n) is 5.66. The third-order valence-corrected chi connectivity index (χ3v) is 5.92. The maximum absolute atomic E-state index is 6.03. The lowest BCUT2D eigenvalue weighted by Gasteiger charge is -2.42. The number of likely N-dealkylation sites (N-methyl/N-ethyl adjacent to an activating group) is 1. The van der Waals surface area contributed by atoms with Gasteiger partial charge in [-0.15, -0.1) is 0 Å². The molecule has 2 aromatic rings. The van der Waals surface area contributed by atoms with Crippen LogP contribution in [0.1, 0.15) is 17.9 Å². The quantitative estimate of drug-likeness (QED) is 0.765. The van der Waals surface area contributed by atoms with E-state index >= 15 is 0 Å². The number of quaternary nitrogens is 1. The molecule has 0 unspecified atom stereocenters. The van der Waals surface area contributed by atoms with Crippen LogP contribution in [0.3, 0.4) is 0 Å². The molecule has 0 amide bonds. The zero-order valence-electron chi connectivity index (χ0n) is 13.7. The second-order valence-corrected chi connectivity index (χ2v) is 7.61. The second kappa shape index (κ2) is 5.94. The molecule has 0 N–H and O–H groups in total. The highest BCUT2D eigenvalue weighted by molar-refractivity contribution is 6.30. The Kier molecular flexibility index (Phi) is 3.92. The van der Waals surface area contributed by atoms with Crippen LogP contribution in [0.4, 0.5) is 5.69 Å². The minimum Gasteiger partial charge on any atom is -0.291 e. The zero-order valence-corrected chi connectivity index (χ0v) is 14.4. The molecule has 0 aromatic heterocycles. The summed E-state index contributed by atoms with van der Waals surface area (Å²) in [7, 11) is 2.35. The maximum atomic E-state index is 6.03. The summed E-state index contributed by atoms with van der Waals surface area (Å²) in [4.78, 5) is 2.70. The Bertz CT molecular complexity index is 660. The molecule has 3 heteroatoms. The normalized spacial score (nSPS) is 26.9. The van der Waals surface area contributed by atoms with Crippen molar-refractivity contribution in [3.63, 3.8) is 0 Å². The Labute approximate surface area is 143 Å². The van der Waals surface area contributed by atoms with Gasteiger partial charge in [0.15, 0.2) is 0 Å². The monoisotopic (exact) mass is 327 g/mol. The first-order chi connectivity index (χ1) is 11.2. The molecule has 2 aromatic carbocycles. The van der Waals surface area contributed by atoms with E-state index in [4.69, 9.17) is 11.6 Å². The molecule has 1 heterocycles. The van der Waals surface area contributed by atoms with Gasteiger partial charge in [0.25, 0.3) is 0 Å². The van der Waals surface area contributed by atoms with Gasteiger partial charge in [0.1, 0.15) is 5.69 Å². The summed E-state index contributed by atoms with van der Waals surface area (Å²) >= 11 is 6.03. The topological polar surface area (TPSA) is 3.24 Å². The van der Waals surface area contributed by atoms with E-state index in [1.807, 2.05) is 12.1 Å². The predicted molar refractivity (Wildman–Crippen MR) is 98.1 cm³/mol. The zero-order chi connectivity index (χ0) is 15.9. The Morgan fingerprint density at radius 3 is 2.26 bits per heavy atom. The summed E-state index contributed by atoms with van der Waals surface area (Å²) in [5, 5.41) is 0.822. The van der Waals surface area contributed by atoms with Crippen LogP contribution >= 0.6 is 11.6 Å². The Morgan fingerprint density at radius 2 is 1.61 bits per heavy atom. The van der Waals surface area contributed by atoms with Crippen molar-refractivity contribution in [1.82, 2.24) is 9.38 Å². The fraction of sp³-hybridized carbons (Fsp3) is 0.400. The Hall–Kier alpha value is -1.35. The molecule has 4 rings (SSSR count). The third kappa shape index (κ3) is 3.03. The lowest BCUT2D eigenvalue weighted by Crippen LogP contribution is -2.58. The number of piperazine rings is 1. The molecule has 120 valence electrons. The smallest absolute Gasteiger partial charge is 0.132 e. The molecule has 2 atom stereocenters. The van der Waals surface area contributed by atoms with Gasteiger partial charge in [-0.1, -0.05) is 41.9 Å². The molecule has 2 fully saturated rings. The van der Waals surface area contributed by atoms with Crippen LogP contribution < -0.4 is 4.48 Å².